The molecule has 3 aromatic heterocycles. The van der Waals surface area contributed by atoms with Gasteiger partial charge >= 0.3 is 0 Å². The molecule has 0 N–H and O–H groups in total. The Morgan fingerprint density at radius 2 is 1.97 bits per heavy atom. The van der Waals surface area contributed by atoms with Gasteiger partial charge in [-0.25, -0.2) is 4.98 Å². The monoisotopic (exact) mass is 411 g/mol. The van der Waals surface area contributed by atoms with Gasteiger partial charge in [-0.1, -0.05) is 5.16 Å². The Kier molecular flexibility index (Phi) is 4.83. The van der Waals surface area contributed by atoms with Gasteiger partial charge in [0.25, 0.3) is 11.6 Å². The van der Waals surface area contributed by atoms with Crippen molar-refractivity contribution in [2.45, 2.75) is 39.9 Å². The number of aryl methyl sites for hydroxylation is 3. The molecule has 8 heteroatoms. The second kappa shape index (κ2) is 7.52. The third-order valence-electron chi connectivity index (χ3n) is 5.94. The minimum atomic E-state index is -0.220. The number of fused-ring (bicyclic) bond motifs is 1. The van der Waals surface area contributed by atoms with Crippen LogP contribution in [0.5, 0.6) is 0 Å². The van der Waals surface area contributed by atoms with Gasteiger partial charge in [0.15, 0.2) is 6.29 Å². The summed E-state index contributed by atoms with van der Waals surface area (Å²) >= 11 is 0. The van der Waals surface area contributed by atoms with Crippen LogP contribution in [0.25, 0.3) is 22.4 Å². The summed E-state index contributed by atoms with van der Waals surface area (Å²) in [7, 11) is 0. The number of hydrogen-bond acceptors (Lipinski definition) is 7. The highest BCUT2D eigenvalue weighted by Crippen LogP contribution is 2.32. The van der Waals surface area contributed by atoms with Crippen molar-refractivity contribution in [2.24, 2.45) is 5.92 Å². The first-order chi connectivity index (χ1) is 14.5. The Labute approximate surface area is 174 Å². The van der Waals surface area contributed by atoms with E-state index in [2.05, 4.69) is 10.1 Å². The van der Waals surface area contributed by atoms with E-state index in [4.69, 9.17) is 18.4 Å². The van der Waals surface area contributed by atoms with E-state index < -0.39 is 0 Å². The normalized spacial score (nSPS) is 20.4. The van der Waals surface area contributed by atoms with E-state index >= 15 is 0 Å². The number of amides is 1. The first-order valence-corrected chi connectivity index (χ1v) is 10.4. The summed E-state index contributed by atoms with van der Waals surface area (Å²) in [4.78, 5) is 20.1. The lowest BCUT2D eigenvalue weighted by Gasteiger charge is -2.34. The molecule has 0 aromatic carbocycles. The lowest BCUT2D eigenvalue weighted by molar-refractivity contribution is -0.0969. The first kappa shape index (κ1) is 19.3. The standard InChI is InChI=1S/C22H25N3O5/c1-12-9-16(14(3)29-12)18-10-17(19-13(2)24-30-20(19)23-18)21(26)25-6-4-5-15(11-25)22-27-7-8-28-22/h9-10,15,22H,4-8,11H2,1-3H3. The van der Waals surface area contributed by atoms with Crippen LogP contribution >= 0.6 is 0 Å². The topological polar surface area (TPSA) is 90.8 Å². The number of pyridine rings is 1. The van der Waals surface area contributed by atoms with Crippen LogP contribution in [-0.2, 0) is 9.47 Å². The molecule has 1 atom stereocenters. The fraction of sp³-hybridized carbons (Fsp3) is 0.500. The van der Waals surface area contributed by atoms with Crippen LogP contribution in [0.4, 0.5) is 0 Å². The Balaban J connectivity index is 1.53. The number of carbonyl (C=O) groups is 1. The van der Waals surface area contributed by atoms with E-state index in [1.165, 1.54) is 0 Å². The predicted octanol–water partition coefficient (Wildman–Crippen LogP) is 3.63. The molecule has 1 amide bonds. The van der Waals surface area contributed by atoms with Crippen LogP contribution in [-0.4, -0.2) is 53.5 Å². The summed E-state index contributed by atoms with van der Waals surface area (Å²) in [6.45, 7) is 8.15. The Morgan fingerprint density at radius 1 is 1.17 bits per heavy atom. The van der Waals surface area contributed by atoms with Crippen LogP contribution in [0.1, 0.15) is 40.4 Å². The molecule has 2 aliphatic rings. The minimum Gasteiger partial charge on any atom is -0.466 e. The largest absolute Gasteiger partial charge is 0.466 e. The highest BCUT2D eigenvalue weighted by Gasteiger charge is 2.34. The summed E-state index contributed by atoms with van der Waals surface area (Å²) in [5, 5.41) is 4.72. The van der Waals surface area contributed by atoms with Crippen molar-refractivity contribution in [3.63, 3.8) is 0 Å². The molecule has 8 nitrogen and oxygen atoms in total. The summed E-state index contributed by atoms with van der Waals surface area (Å²) in [6, 6.07) is 3.75. The van der Waals surface area contributed by atoms with Gasteiger partial charge in [0.05, 0.1) is 35.6 Å². The second-order valence-electron chi connectivity index (χ2n) is 8.09. The summed E-state index contributed by atoms with van der Waals surface area (Å²) in [6.07, 6.45) is 1.69. The number of furan rings is 1. The third-order valence-corrected chi connectivity index (χ3v) is 5.94. The summed E-state index contributed by atoms with van der Waals surface area (Å²) in [5.41, 5.74) is 3.07. The Hall–Kier alpha value is -2.71. The maximum absolute atomic E-state index is 13.6. The predicted molar refractivity (Wildman–Crippen MR) is 108 cm³/mol. The maximum atomic E-state index is 13.6. The number of hydrogen-bond donors (Lipinski definition) is 0. The zero-order valence-electron chi connectivity index (χ0n) is 17.4. The van der Waals surface area contributed by atoms with Crippen LogP contribution in [0.2, 0.25) is 0 Å². The summed E-state index contributed by atoms with van der Waals surface area (Å²) < 4.78 is 22.5. The van der Waals surface area contributed by atoms with E-state index in [0.717, 1.165) is 29.9 Å². The van der Waals surface area contributed by atoms with Gasteiger partial charge in [-0.15, -0.1) is 0 Å². The van der Waals surface area contributed by atoms with Crippen LogP contribution < -0.4 is 0 Å². The fourth-order valence-corrected chi connectivity index (χ4v) is 4.52. The molecular weight excluding hydrogens is 386 g/mol. The van der Waals surface area contributed by atoms with E-state index in [-0.39, 0.29) is 18.1 Å². The highest BCUT2D eigenvalue weighted by atomic mass is 16.7. The number of aromatic nitrogens is 2. The molecule has 2 aliphatic heterocycles. The number of carbonyl (C=O) groups excluding carboxylic acids is 1. The number of rotatable bonds is 3. The van der Waals surface area contributed by atoms with Crippen LogP contribution in [0.3, 0.4) is 0 Å². The third kappa shape index (κ3) is 3.30. The lowest BCUT2D eigenvalue weighted by atomic mass is 9.96. The average Bonchev–Trinajstić information content (AvgIpc) is 3.48. The van der Waals surface area contributed by atoms with Crippen molar-refractivity contribution in [1.82, 2.24) is 15.0 Å². The molecule has 5 rings (SSSR count). The zero-order valence-corrected chi connectivity index (χ0v) is 17.4. The molecule has 1 unspecified atom stereocenters. The minimum absolute atomic E-state index is 0.0458. The number of ether oxygens (including phenoxy) is 2. The number of piperidine rings is 1. The van der Waals surface area contributed by atoms with Crippen molar-refractivity contribution < 1.29 is 23.2 Å². The van der Waals surface area contributed by atoms with Crippen LogP contribution in [0.15, 0.2) is 21.1 Å². The molecule has 0 saturated carbocycles. The number of nitrogens with zero attached hydrogens (tertiary/aromatic N) is 3. The second-order valence-corrected chi connectivity index (χ2v) is 8.09. The molecule has 0 bridgehead atoms. The van der Waals surface area contributed by atoms with E-state index in [1.807, 2.05) is 37.8 Å². The molecule has 0 radical (unpaired) electrons. The Morgan fingerprint density at radius 3 is 2.70 bits per heavy atom. The molecule has 3 aromatic rings. The zero-order chi connectivity index (χ0) is 20.8. The van der Waals surface area contributed by atoms with Crippen molar-refractivity contribution in [3.8, 4) is 11.3 Å². The van der Waals surface area contributed by atoms with E-state index in [0.29, 0.717) is 54.4 Å². The fourth-order valence-electron chi connectivity index (χ4n) is 4.52. The molecular formula is C22H25N3O5. The molecule has 0 aliphatic carbocycles. The van der Waals surface area contributed by atoms with Gasteiger partial charge < -0.3 is 23.3 Å². The smallest absolute Gasteiger partial charge is 0.259 e. The summed E-state index contributed by atoms with van der Waals surface area (Å²) in [5.74, 6) is 1.68. The maximum Gasteiger partial charge on any atom is 0.259 e. The van der Waals surface area contributed by atoms with Crippen molar-refractivity contribution in [1.29, 1.82) is 0 Å². The van der Waals surface area contributed by atoms with Gasteiger partial charge in [-0.05, 0) is 45.7 Å². The quantitative estimate of drug-likeness (QED) is 0.650. The first-order valence-electron chi connectivity index (χ1n) is 10.4. The van der Waals surface area contributed by atoms with Gasteiger partial charge in [-0.3, -0.25) is 4.79 Å². The molecule has 5 heterocycles. The van der Waals surface area contributed by atoms with E-state index in [9.17, 15) is 4.79 Å². The van der Waals surface area contributed by atoms with Crippen molar-refractivity contribution in [3.05, 3.63) is 34.9 Å². The van der Waals surface area contributed by atoms with Gasteiger partial charge in [0.2, 0.25) is 0 Å². The van der Waals surface area contributed by atoms with Gasteiger partial charge in [0, 0.05) is 24.6 Å². The van der Waals surface area contributed by atoms with Crippen LogP contribution in [0, 0.1) is 26.7 Å². The molecule has 0 spiro atoms. The van der Waals surface area contributed by atoms with Crippen molar-refractivity contribution in [2.75, 3.05) is 26.3 Å². The molecule has 158 valence electrons. The van der Waals surface area contributed by atoms with Gasteiger partial charge in [0.1, 0.15) is 11.5 Å². The average molecular weight is 411 g/mol. The molecule has 30 heavy (non-hydrogen) atoms. The molecule has 2 saturated heterocycles. The Bertz CT molecular complexity index is 1100. The van der Waals surface area contributed by atoms with Gasteiger partial charge in [-0.2, -0.15) is 0 Å². The SMILES string of the molecule is Cc1cc(-c2cc(C(=O)N3CCCC(C4OCCO4)C3)c3c(C)noc3n2)c(C)o1. The van der Waals surface area contributed by atoms with E-state index in [1.54, 1.807) is 0 Å². The van der Waals surface area contributed by atoms with Crippen molar-refractivity contribution >= 4 is 17.0 Å². The highest BCUT2D eigenvalue weighted by molar-refractivity contribution is 6.07. The molecule has 2 fully saturated rings. The number of likely N-dealkylation sites (tertiary alicyclic amines) is 1. The lowest BCUT2D eigenvalue weighted by Crippen LogP contribution is -2.43.